The summed E-state index contributed by atoms with van der Waals surface area (Å²) in [6, 6.07) is 14.1. The lowest BCUT2D eigenvalue weighted by atomic mass is 9.91. The van der Waals surface area contributed by atoms with Crippen LogP contribution in [0.4, 0.5) is 0 Å². The Hall–Kier alpha value is -2.72. The number of oxime groups is 1. The summed E-state index contributed by atoms with van der Waals surface area (Å²) in [4.78, 5) is 4.13. The molecule has 4 heteroatoms. The van der Waals surface area contributed by atoms with E-state index in [1.54, 1.807) is 12.4 Å². The normalized spacial score (nSPS) is 12.1. The van der Waals surface area contributed by atoms with Gasteiger partial charge < -0.3 is 10.9 Å². The number of benzene rings is 2. The van der Waals surface area contributed by atoms with Gasteiger partial charge in [0.25, 0.3) is 0 Å². The van der Waals surface area contributed by atoms with E-state index in [0.29, 0.717) is 0 Å². The third kappa shape index (κ3) is 2.94. The molecule has 0 radical (unpaired) electrons. The van der Waals surface area contributed by atoms with Crippen LogP contribution < -0.4 is 5.73 Å². The Kier molecular flexibility index (Phi) is 3.84. The van der Waals surface area contributed by atoms with Gasteiger partial charge in [0, 0.05) is 28.9 Å². The molecule has 0 aliphatic carbocycles. The second kappa shape index (κ2) is 5.82. The Bertz CT molecular complexity index is 862. The van der Waals surface area contributed by atoms with E-state index in [0.717, 1.165) is 33.0 Å². The first-order valence-corrected chi connectivity index (χ1v) is 7.44. The van der Waals surface area contributed by atoms with Gasteiger partial charge in [-0.1, -0.05) is 41.6 Å². The maximum absolute atomic E-state index is 9.04. The highest BCUT2D eigenvalue weighted by molar-refractivity contribution is 6.05. The molecule has 0 aliphatic rings. The lowest BCUT2D eigenvalue weighted by Crippen LogP contribution is -2.28. The summed E-state index contributed by atoms with van der Waals surface area (Å²) < 4.78 is 0. The molecule has 0 aliphatic heterocycles. The van der Waals surface area contributed by atoms with Gasteiger partial charge >= 0.3 is 0 Å². The summed E-state index contributed by atoms with van der Waals surface area (Å²) in [6.45, 7) is 3.96. The molecule has 0 atom stereocenters. The molecule has 2 aromatic carbocycles. The second-order valence-electron chi connectivity index (χ2n) is 6.17. The maximum Gasteiger partial charge on any atom is 0.0746 e. The maximum atomic E-state index is 9.04. The van der Waals surface area contributed by atoms with Crippen LogP contribution in [0.25, 0.3) is 21.9 Å². The third-order valence-corrected chi connectivity index (χ3v) is 3.99. The van der Waals surface area contributed by atoms with Crippen molar-refractivity contribution in [3.8, 4) is 11.1 Å². The minimum atomic E-state index is -0.372. The van der Waals surface area contributed by atoms with Gasteiger partial charge in [0.05, 0.1) is 6.21 Å². The van der Waals surface area contributed by atoms with Gasteiger partial charge in [0.1, 0.15) is 0 Å². The molecular weight excluding hydrogens is 286 g/mol. The topological polar surface area (TPSA) is 71.5 Å². The third-order valence-electron chi connectivity index (χ3n) is 3.99. The van der Waals surface area contributed by atoms with E-state index < -0.39 is 0 Å². The Labute approximate surface area is 135 Å². The standard InChI is InChI=1S/C19H19N3O/c1-19(2,20)15-6-3-13(4-7-15)16-8-5-14-11-21-10-9-17(14)18(16)12-22-23/h3-12,23H,20H2,1-2H3/b22-12+. The predicted octanol–water partition coefficient (Wildman–Crippen LogP) is 3.90. The smallest absolute Gasteiger partial charge is 0.0746 e. The van der Waals surface area contributed by atoms with E-state index in [9.17, 15) is 0 Å². The van der Waals surface area contributed by atoms with E-state index in [1.165, 1.54) is 6.21 Å². The highest BCUT2D eigenvalue weighted by Crippen LogP contribution is 2.30. The average Bonchev–Trinajstić information content (AvgIpc) is 2.55. The molecule has 3 aromatic rings. The number of nitrogens with two attached hydrogens (primary N) is 1. The number of pyridine rings is 1. The monoisotopic (exact) mass is 305 g/mol. The summed E-state index contributed by atoms with van der Waals surface area (Å²) in [5, 5.41) is 14.3. The van der Waals surface area contributed by atoms with E-state index in [2.05, 4.69) is 10.1 Å². The Morgan fingerprint density at radius 1 is 1.09 bits per heavy atom. The molecule has 0 bridgehead atoms. The largest absolute Gasteiger partial charge is 0.411 e. The van der Waals surface area contributed by atoms with Crippen molar-refractivity contribution in [2.75, 3.05) is 0 Å². The van der Waals surface area contributed by atoms with Gasteiger partial charge in [0.2, 0.25) is 0 Å². The number of nitrogens with zero attached hydrogens (tertiary/aromatic N) is 2. The lowest BCUT2D eigenvalue weighted by Gasteiger charge is -2.19. The summed E-state index contributed by atoms with van der Waals surface area (Å²) >= 11 is 0. The van der Waals surface area contributed by atoms with Gasteiger partial charge in [0.15, 0.2) is 0 Å². The van der Waals surface area contributed by atoms with Crippen LogP contribution >= 0.6 is 0 Å². The van der Waals surface area contributed by atoms with Crippen LogP contribution in [0, 0.1) is 0 Å². The van der Waals surface area contributed by atoms with Crippen LogP contribution in [0.1, 0.15) is 25.0 Å². The van der Waals surface area contributed by atoms with E-state index in [1.807, 2.05) is 56.3 Å². The number of fused-ring (bicyclic) bond motifs is 1. The molecule has 0 fully saturated rings. The molecule has 0 unspecified atom stereocenters. The molecule has 23 heavy (non-hydrogen) atoms. The summed E-state index contributed by atoms with van der Waals surface area (Å²) in [5.41, 5.74) is 9.76. The number of hydrogen-bond donors (Lipinski definition) is 2. The van der Waals surface area contributed by atoms with Crippen molar-refractivity contribution in [1.29, 1.82) is 0 Å². The summed E-state index contributed by atoms with van der Waals surface area (Å²) in [7, 11) is 0. The minimum absolute atomic E-state index is 0.372. The predicted molar refractivity (Wildman–Crippen MR) is 93.8 cm³/mol. The summed E-state index contributed by atoms with van der Waals surface area (Å²) in [6.07, 6.45) is 5.01. The second-order valence-corrected chi connectivity index (χ2v) is 6.17. The van der Waals surface area contributed by atoms with Gasteiger partial charge in [-0.2, -0.15) is 0 Å². The lowest BCUT2D eigenvalue weighted by molar-refractivity contribution is 0.322. The van der Waals surface area contributed by atoms with E-state index in [4.69, 9.17) is 10.9 Å². The first-order valence-electron chi connectivity index (χ1n) is 7.44. The fourth-order valence-corrected chi connectivity index (χ4v) is 2.72. The van der Waals surface area contributed by atoms with Crippen molar-refractivity contribution in [2.45, 2.75) is 19.4 Å². The molecular formula is C19H19N3O. The molecule has 116 valence electrons. The molecule has 0 saturated heterocycles. The van der Waals surface area contributed by atoms with E-state index >= 15 is 0 Å². The number of aromatic nitrogens is 1. The van der Waals surface area contributed by atoms with Crippen molar-refractivity contribution < 1.29 is 5.21 Å². The fraction of sp³-hybridized carbons (Fsp3) is 0.158. The SMILES string of the molecule is CC(C)(N)c1ccc(-c2ccc3cnccc3c2/C=N/O)cc1. The average molecular weight is 305 g/mol. The van der Waals surface area contributed by atoms with Crippen molar-refractivity contribution in [3.63, 3.8) is 0 Å². The molecule has 3 rings (SSSR count). The fourth-order valence-electron chi connectivity index (χ4n) is 2.72. The number of hydrogen-bond acceptors (Lipinski definition) is 4. The van der Waals surface area contributed by atoms with Crippen LogP contribution in [0.15, 0.2) is 60.0 Å². The first-order chi connectivity index (χ1) is 11.0. The van der Waals surface area contributed by atoms with E-state index in [-0.39, 0.29) is 5.54 Å². The molecule has 0 spiro atoms. The van der Waals surface area contributed by atoms with Crippen LogP contribution in [0.2, 0.25) is 0 Å². The van der Waals surface area contributed by atoms with Gasteiger partial charge in [-0.25, -0.2) is 0 Å². The van der Waals surface area contributed by atoms with Gasteiger partial charge in [-0.3, -0.25) is 4.98 Å². The molecule has 4 nitrogen and oxygen atoms in total. The minimum Gasteiger partial charge on any atom is -0.411 e. The van der Waals surface area contributed by atoms with Gasteiger partial charge in [-0.05, 0) is 42.0 Å². The van der Waals surface area contributed by atoms with Crippen LogP contribution in [-0.2, 0) is 5.54 Å². The molecule has 0 amide bonds. The molecule has 3 N–H and O–H groups in total. The molecule has 1 aromatic heterocycles. The Morgan fingerprint density at radius 2 is 1.83 bits per heavy atom. The van der Waals surface area contributed by atoms with Crippen molar-refractivity contribution >= 4 is 17.0 Å². The van der Waals surface area contributed by atoms with Gasteiger partial charge in [-0.15, -0.1) is 0 Å². The Morgan fingerprint density at radius 3 is 2.48 bits per heavy atom. The molecule has 0 saturated carbocycles. The van der Waals surface area contributed by atoms with Crippen LogP contribution in [0.3, 0.4) is 0 Å². The number of rotatable bonds is 3. The zero-order valence-electron chi connectivity index (χ0n) is 13.2. The summed E-state index contributed by atoms with van der Waals surface area (Å²) in [5.74, 6) is 0. The van der Waals surface area contributed by atoms with Crippen molar-refractivity contribution in [3.05, 3.63) is 66.0 Å². The highest BCUT2D eigenvalue weighted by atomic mass is 16.4. The quantitative estimate of drug-likeness (QED) is 0.438. The van der Waals surface area contributed by atoms with Crippen molar-refractivity contribution in [2.24, 2.45) is 10.9 Å². The van der Waals surface area contributed by atoms with Crippen LogP contribution in [-0.4, -0.2) is 16.4 Å². The Balaban J connectivity index is 2.18. The zero-order valence-corrected chi connectivity index (χ0v) is 13.2. The highest BCUT2D eigenvalue weighted by Gasteiger charge is 2.14. The van der Waals surface area contributed by atoms with Crippen molar-refractivity contribution in [1.82, 2.24) is 4.98 Å². The zero-order chi connectivity index (χ0) is 16.4. The first kappa shape index (κ1) is 15.2. The van der Waals surface area contributed by atoms with Crippen LogP contribution in [0.5, 0.6) is 0 Å². The molecule has 1 heterocycles.